The van der Waals surface area contributed by atoms with Gasteiger partial charge in [-0.05, 0) is 42.5 Å². The van der Waals surface area contributed by atoms with E-state index in [4.69, 9.17) is 9.47 Å². The summed E-state index contributed by atoms with van der Waals surface area (Å²) in [5.74, 6) is -0.625. The lowest BCUT2D eigenvalue weighted by molar-refractivity contribution is -0.114. The summed E-state index contributed by atoms with van der Waals surface area (Å²) in [7, 11) is 2.84. The molecule has 1 aliphatic heterocycles. The molecule has 162 valence electrons. The number of esters is 1. The van der Waals surface area contributed by atoms with Crippen LogP contribution in [0, 0.1) is 0 Å². The number of nitrogens with zero attached hydrogens (tertiary/aromatic N) is 1. The normalized spacial score (nSPS) is 12.3. The highest BCUT2D eigenvalue weighted by atomic mass is 32.2. The van der Waals surface area contributed by atoms with Crippen LogP contribution >= 0.6 is 11.8 Å². The molecule has 0 radical (unpaired) electrons. The smallest absolute Gasteiger partial charge is 0.337 e. The molecular formula is C24H20N2O5S. The van der Waals surface area contributed by atoms with Crippen molar-refractivity contribution in [2.24, 2.45) is 0 Å². The Kier molecular flexibility index (Phi) is 6.13. The van der Waals surface area contributed by atoms with Crippen LogP contribution in [0.4, 0.5) is 11.4 Å². The molecule has 1 N–H and O–H groups in total. The van der Waals surface area contributed by atoms with Gasteiger partial charge in [-0.15, -0.1) is 0 Å². The van der Waals surface area contributed by atoms with E-state index in [9.17, 15) is 14.4 Å². The number of hydrogen-bond acceptors (Lipinski definition) is 6. The van der Waals surface area contributed by atoms with Gasteiger partial charge < -0.3 is 14.8 Å². The standard InChI is InChI=1S/C24H20N2O5S/c1-30-17-7-5-6-16(13-17)25-22(27)14-26-19-12-15(24(29)31-2)10-11-21(19)32-20-9-4-3-8-18(20)23(26)28/h3-13H,14H2,1-2H3,(H,25,27). The van der Waals surface area contributed by atoms with Crippen molar-refractivity contribution >= 4 is 40.9 Å². The Hall–Kier alpha value is -3.78. The summed E-state index contributed by atoms with van der Waals surface area (Å²) in [5.41, 5.74) is 1.81. The number of rotatable bonds is 5. The lowest BCUT2D eigenvalue weighted by Crippen LogP contribution is -2.38. The third kappa shape index (κ3) is 4.31. The molecule has 0 bridgehead atoms. The minimum Gasteiger partial charge on any atom is -0.497 e. The van der Waals surface area contributed by atoms with Gasteiger partial charge in [0.25, 0.3) is 5.91 Å². The van der Waals surface area contributed by atoms with Crippen LogP contribution in [0.25, 0.3) is 0 Å². The van der Waals surface area contributed by atoms with Crippen LogP contribution in [-0.4, -0.2) is 38.5 Å². The molecule has 32 heavy (non-hydrogen) atoms. The molecular weight excluding hydrogens is 428 g/mol. The van der Waals surface area contributed by atoms with Crippen LogP contribution in [0.5, 0.6) is 5.75 Å². The summed E-state index contributed by atoms with van der Waals surface area (Å²) >= 11 is 1.41. The predicted octanol–water partition coefficient (Wildman–Crippen LogP) is 4.23. The Labute approximate surface area is 189 Å². The molecule has 1 heterocycles. The van der Waals surface area contributed by atoms with Gasteiger partial charge >= 0.3 is 5.97 Å². The molecule has 2 amide bonds. The van der Waals surface area contributed by atoms with Crippen molar-refractivity contribution in [3.8, 4) is 5.75 Å². The molecule has 1 aliphatic rings. The molecule has 0 atom stereocenters. The van der Waals surface area contributed by atoms with Crippen LogP contribution in [-0.2, 0) is 9.53 Å². The zero-order valence-electron chi connectivity index (χ0n) is 17.5. The molecule has 7 nitrogen and oxygen atoms in total. The number of fused-ring (bicyclic) bond motifs is 2. The van der Waals surface area contributed by atoms with Crippen molar-refractivity contribution < 1.29 is 23.9 Å². The van der Waals surface area contributed by atoms with Crippen molar-refractivity contribution in [2.75, 3.05) is 31.0 Å². The van der Waals surface area contributed by atoms with Crippen LogP contribution in [0.2, 0.25) is 0 Å². The molecule has 0 aliphatic carbocycles. The highest BCUT2D eigenvalue weighted by molar-refractivity contribution is 7.99. The van der Waals surface area contributed by atoms with Crippen molar-refractivity contribution in [1.29, 1.82) is 0 Å². The fourth-order valence-electron chi connectivity index (χ4n) is 3.37. The summed E-state index contributed by atoms with van der Waals surface area (Å²) in [6.45, 7) is -0.234. The van der Waals surface area contributed by atoms with Gasteiger partial charge in [-0.3, -0.25) is 14.5 Å². The van der Waals surface area contributed by atoms with Crippen molar-refractivity contribution in [3.63, 3.8) is 0 Å². The second-order valence-electron chi connectivity index (χ2n) is 6.94. The highest BCUT2D eigenvalue weighted by Crippen LogP contribution is 2.41. The SMILES string of the molecule is COC(=O)c1ccc2c(c1)N(CC(=O)Nc1cccc(OC)c1)C(=O)c1ccccc1S2. The topological polar surface area (TPSA) is 84.9 Å². The Balaban J connectivity index is 1.70. The summed E-state index contributed by atoms with van der Waals surface area (Å²) in [6.07, 6.45) is 0. The van der Waals surface area contributed by atoms with E-state index in [0.29, 0.717) is 28.3 Å². The molecule has 0 saturated heterocycles. The molecule has 8 heteroatoms. The van der Waals surface area contributed by atoms with Gasteiger partial charge in [0.15, 0.2) is 0 Å². The molecule has 0 unspecified atom stereocenters. The molecule has 3 aromatic carbocycles. The number of carbonyl (C=O) groups excluding carboxylic acids is 3. The Morgan fingerprint density at radius 3 is 2.56 bits per heavy atom. The Morgan fingerprint density at radius 2 is 1.78 bits per heavy atom. The van der Waals surface area contributed by atoms with Crippen LogP contribution in [0.3, 0.4) is 0 Å². The van der Waals surface area contributed by atoms with Crippen molar-refractivity contribution in [2.45, 2.75) is 9.79 Å². The van der Waals surface area contributed by atoms with E-state index in [0.717, 1.165) is 9.79 Å². The summed E-state index contributed by atoms with van der Waals surface area (Å²) in [5, 5.41) is 2.80. The quantitative estimate of drug-likeness (QED) is 0.588. The van der Waals surface area contributed by atoms with Crippen molar-refractivity contribution in [1.82, 2.24) is 0 Å². The zero-order valence-corrected chi connectivity index (χ0v) is 18.3. The third-order valence-electron chi connectivity index (χ3n) is 4.91. The number of ether oxygens (including phenoxy) is 2. The van der Waals surface area contributed by atoms with Crippen LogP contribution in [0.15, 0.2) is 76.5 Å². The predicted molar refractivity (Wildman–Crippen MR) is 122 cm³/mol. The van der Waals surface area contributed by atoms with Gasteiger partial charge in [0.1, 0.15) is 12.3 Å². The Bertz CT molecular complexity index is 1210. The highest BCUT2D eigenvalue weighted by Gasteiger charge is 2.29. The Morgan fingerprint density at radius 1 is 0.969 bits per heavy atom. The fourth-order valence-corrected chi connectivity index (χ4v) is 4.43. The zero-order chi connectivity index (χ0) is 22.7. The van der Waals surface area contributed by atoms with Crippen LogP contribution in [0.1, 0.15) is 20.7 Å². The van der Waals surface area contributed by atoms with Gasteiger partial charge in [0, 0.05) is 21.5 Å². The van der Waals surface area contributed by atoms with Crippen LogP contribution < -0.4 is 15.0 Å². The number of benzene rings is 3. The second kappa shape index (κ2) is 9.15. The summed E-state index contributed by atoms with van der Waals surface area (Å²) in [4.78, 5) is 41.3. The first kappa shape index (κ1) is 21.5. The largest absolute Gasteiger partial charge is 0.497 e. The summed E-state index contributed by atoms with van der Waals surface area (Å²) < 4.78 is 10.0. The first-order valence-electron chi connectivity index (χ1n) is 9.75. The minimum absolute atomic E-state index is 0.234. The lowest BCUT2D eigenvalue weighted by Gasteiger charge is -2.23. The van der Waals surface area contributed by atoms with E-state index in [-0.39, 0.29) is 18.4 Å². The van der Waals surface area contributed by atoms with E-state index >= 15 is 0 Å². The number of nitrogens with one attached hydrogen (secondary N) is 1. The number of amides is 2. The van der Waals surface area contributed by atoms with Crippen molar-refractivity contribution in [3.05, 3.63) is 77.9 Å². The maximum Gasteiger partial charge on any atom is 0.337 e. The fraction of sp³-hybridized carbons (Fsp3) is 0.125. The van der Waals surface area contributed by atoms with E-state index in [2.05, 4.69) is 5.32 Å². The van der Waals surface area contributed by atoms with E-state index in [1.807, 2.05) is 12.1 Å². The average molecular weight is 449 g/mol. The van der Waals surface area contributed by atoms with Gasteiger partial charge in [0.05, 0.1) is 31.0 Å². The maximum absolute atomic E-state index is 13.4. The lowest BCUT2D eigenvalue weighted by atomic mass is 10.1. The molecule has 0 aromatic heterocycles. The molecule has 0 saturated carbocycles. The number of anilines is 2. The van der Waals surface area contributed by atoms with E-state index in [1.54, 1.807) is 61.7 Å². The third-order valence-corrected chi connectivity index (χ3v) is 6.05. The molecule has 0 spiro atoms. The van der Waals surface area contributed by atoms with E-state index in [1.165, 1.54) is 23.8 Å². The molecule has 4 rings (SSSR count). The molecule has 3 aromatic rings. The van der Waals surface area contributed by atoms with Gasteiger partial charge in [-0.25, -0.2) is 4.79 Å². The summed E-state index contributed by atoms with van der Waals surface area (Å²) in [6, 6.07) is 19.2. The second-order valence-corrected chi connectivity index (χ2v) is 8.03. The van der Waals surface area contributed by atoms with Gasteiger partial charge in [-0.1, -0.05) is 30.0 Å². The maximum atomic E-state index is 13.4. The number of carbonyl (C=O) groups is 3. The first-order valence-corrected chi connectivity index (χ1v) is 10.6. The monoisotopic (exact) mass is 448 g/mol. The number of methoxy groups -OCH3 is 2. The minimum atomic E-state index is -0.521. The van der Waals surface area contributed by atoms with Gasteiger partial charge in [0.2, 0.25) is 5.91 Å². The first-order chi connectivity index (χ1) is 15.5. The van der Waals surface area contributed by atoms with E-state index < -0.39 is 5.97 Å². The molecule has 0 fully saturated rings. The average Bonchev–Trinajstić information content (AvgIpc) is 2.93. The number of hydrogen-bond donors (Lipinski definition) is 1. The van der Waals surface area contributed by atoms with Gasteiger partial charge in [-0.2, -0.15) is 0 Å².